The van der Waals surface area contributed by atoms with Gasteiger partial charge < -0.3 is 10.1 Å². The van der Waals surface area contributed by atoms with Crippen LogP contribution in [-0.2, 0) is 11.3 Å². The molecule has 0 radical (unpaired) electrons. The van der Waals surface area contributed by atoms with Crippen LogP contribution in [0.2, 0.25) is 0 Å². The van der Waals surface area contributed by atoms with Crippen LogP contribution in [0.25, 0.3) is 0 Å². The maximum atomic E-state index is 11.7. The normalized spacial score (nSPS) is 11.0. The summed E-state index contributed by atoms with van der Waals surface area (Å²) in [4.78, 5) is 15.8. The van der Waals surface area contributed by atoms with Gasteiger partial charge in [0.25, 0.3) is 0 Å². The predicted molar refractivity (Wildman–Crippen MR) is 62.1 cm³/mol. The molecule has 16 heavy (non-hydrogen) atoms. The van der Waals surface area contributed by atoms with Gasteiger partial charge in [-0.1, -0.05) is 20.8 Å². The van der Waals surface area contributed by atoms with Crippen LogP contribution in [0.1, 0.15) is 26.5 Å². The van der Waals surface area contributed by atoms with Crippen LogP contribution in [0.15, 0.2) is 18.3 Å². The first-order chi connectivity index (χ1) is 7.45. The second-order valence-corrected chi connectivity index (χ2v) is 4.59. The molecule has 0 aromatic carbocycles. The molecule has 0 saturated carbocycles. The summed E-state index contributed by atoms with van der Waals surface area (Å²) >= 11 is 0. The van der Waals surface area contributed by atoms with Gasteiger partial charge in [0.05, 0.1) is 13.7 Å². The molecule has 0 unspecified atom stereocenters. The molecule has 0 atom stereocenters. The third-order valence-electron chi connectivity index (χ3n) is 2.17. The lowest BCUT2D eigenvalue weighted by Crippen LogP contribution is -2.34. The van der Waals surface area contributed by atoms with E-state index in [9.17, 15) is 4.79 Å². The van der Waals surface area contributed by atoms with Gasteiger partial charge in [-0.2, -0.15) is 0 Å². The van der Waals surface area contributed by atoms with Gasteiger partial charge in [0.15, 0.2) is 0 Å². The van der Waals surface area contributed by atoms with Crippen LogP contribution in [0.4, 0.5) is 0 Å². The number of rotatable bonds is 3. The van der Waals surface area contributed by atoms with Crippen molar-refractivity contribution in [3.8, 4) is 5.75 Å². The molecular weight excluding hydrogens is 204 g/mol. The van der Waals surface area contributed by atoms with Gasteiger partial charge in [0, 0.05) is 11.6 Å². The van der Waals surface area contributed by atoms with Crippen molar-refractivity contribution in [3.05, 3.63) is 24.0 Å². The molecule has 0 fully saturated rings. The molecular formula is C12H18N2O2. The lowest BCUT2D eigenvalue weighted by molar-refractivity contribution is -0.128. The molecule has 1 N–H and O–H groups in total. The van der Waals surface area contributed by atoms with Gasteiger partial charge in [-0.05, 0) is 12.1 Å². The molecule has 0 spiro atoms. The average Bonchev–Trinajstić information content (AvgIpc) is 2.24. The molecule has 0 aliphatic rings. The van der Waals surface area contributed by atoms with Crippen molar-refractivity contribution < 1.29 is 9.53 Å². The van der Waals surface area contributed by atoms with Crippen molar-refractivity contribution in [1.82, 2.24) is 10.3 Å². The second-order valence-electron chi connectivity index (χ2n) is 4.59. The van der Waals surface area contributed by atoms with Gasteiger partial charge >= 0.3 is 0 Å². The molecule has 1 heterocycles. The molecule has 1 aromatic heterocycles. The van der Waals surface area contributed by atoms with E-state index in [2.05, 4.69) is 10.3 Å². The van der Waals surface area contributed by atoms with E-state index in [0.717, 1.165) is 5.69 Å². The van der Waals surface area contributed by atoms with E-state index in [1.807, 2.05) is 26.8 Å². The summed E-state index contributed by atoms with van der Waals surface area (Å²) in [5.41, 5.74) is 0.352. The zero-order valence-corrected chi connectivity index (χ0v) is 10.2. The van der Waals surface area contributed by atoms with Crippen LogP contribution >= 0.6 is 0 Å². The predicted octanol–water partition coefficient (Wildman–Crippen LogP) is 1.75. The monoisotopic (exact) mass is 222 g/mol. The van der Waals surface area contributed by atoms with Crippen molar-refractivity contribution in [3.63, 3.8) is 0 Å². The number of pyridine rings is 1. The first-order valence-electron chi connectivity index (χ1n) is 5.21. The maximum absolute atomic E-state index is 11.7. The molecule has 4 nitrogen and oxygen atoms in total. The van der Waals surface area contributed by atoms with E-state index in [4.69, 9.17) is 4.74 Å². The molecule has 1 amide bonds. The average molecular weight is 222 g/mol. The van der Waals surface area contributed by atoms with Gasteiger partial charge in [-0.25, -0.2) is 0 Å². The number of amides is 1. The van der Waals surface area contributed by atoms with E-state index in [1.54, 1.807) is 19.4 Å². The lowest BCUT2D eigenvalue weighted by Gasteiger charge is -2.17. The Labute approximate surface area is 96.0 Å². The van der Waals surface area contributed by atoms with Crippen LogP contribution in [0.3, 0.4) is 0 Å². The number of nitrogens with zero attached hydrogens (tertiary/aromatic N) is 1. The zero-order valence-electron chi connectivity index (χ0n) is 10.2. The topological polar surface area (TPSA) is 51.2 Å². The van der Waals surface area contributed by atoms with E-state index >= 15 is 0 Å². The Bertz CT molecular complexity index is 370. The maximum Gasteiger partial charge on any atom is 0.225 e. The Morgan fingerprint density at radius 2 is 2.19 bits per heavy atom. The summed E-state index contributed by atoms with van der Waals surface area (Å²) in [6, 6.07) is 3.62. The fraction of sp³-hybridized carbons (Fsp3) is 0.500. The largest absolute Gasteiger partial charge is 0.495 e. The first-order valence-corrected chi connectivity index (χ1v) is 5.21. The van der Waals surface area contributed by atoms with Crippen LogP contribution in [-0.4, -0.2) is 18.0 Å². The van der Waals surface area contributed by atoms with Gasteiger partial charge in [0.1, 0.15) is 11.4 Å². The van der Waals surface area contributed by atoms with E-state index in [0.29, 0.717) is 12.3 Å². The van der Waals surface area contributed by atoms with Crippen LogP contribution in [0, 0.1) is 5.41 Å². The van der Waals surface area contributed by atoms with E-state index in [-0.39, 0.29) is 11.3 Å². The Morgan fingerprint density at radius 1 is 1.50 bits per heavy atom. The Balaban J connectivity index is 2.65. The molecule has 88 valence electrons. The third kappa shape index (κ3) is 3.22. The zero-order chi connectivity index (χ0) is 12.2. The second kappa shape index (κ2) is 4.96. The summed E-state index contributed by atoms with van der Waals surface area (Å²) < 4.78 is 5.15. The number of hydrogen-bond acceptors (Lipinski definition) is 3. The summed E-state index contributed by atoms with van der Waals surface area (Å²) in [7, 11) is 1.59. The van der Waals surface area contributed by atoms with Crippen molar-refractivity contribution in [2.75, 3.05) is 7.11 Å². The number of carbonyl (C=O) groups is 1. The summed E-state index contributed by atoms with van der Waals surface area (Å²) in [6.45, 7) is 6.01. The number of methoxy groups -OCH3 is 1. The Hall–Kier alpha value is -1.58. The molecule has 0 saturated heterocycles. The summed E-state index contributed by atoms with van der Waals surface area (Å²) in [5.74, 6) is 0.692. The standard InChI is InChI=1S/C12H18N2O2/c1-12(2,3)11(15)14-8-9-10(16-4)6-5-7-13-9/h5-7H,8H2,1-4H3,(H,14,15). The molecule has 0 bridgehead atoms. The van der Waals surface area contributed by atoms with E-state index in [1.165, 1.54) is 0 Å². The van der Waals surface area contributed by atoms with Crippen molar-refractivity contribution in [2.45, 2.75) is 27.3 Å². The fourth-order valence-electron chi connectivity index (χ4n) is 1.17. The lowest BCUT2D eigenvalue weighted by atomic mass is 9.96. The quantitative estimate of drug-likeness (QED) is 0.847. The third-order valence-corrected chi connectivity index (χ3v) is 2.17. The van der Waals surface area contributed by atoms with Crippen molar-refractivity contribution >= 4 is 5.91 Å². The molecule has 4 heteroatoms. The van der Waals surface area contributed by atoms with Crippen LogP contribution in [0.5, 0.6) is 5.75 Å². The smallest absolute Gasteiger partial charge is 0.225 e. The van der Waals surface area contributed by atoms with Gasteiger partial charge in [-0.3, -0.25) is 9.78 Å². The molecule has 0 aliphatic carbocycles. The number of ether oxygens (including phenoxy) is 1. The molecule has 1 aromatic rings. The van der Waals surface area contributed by atoms with Crippen molar-refractivity contribution in [2.24, 2.45) is 5.41 Å². The highest BCUT2D eigenvalue weighted by Gasteiger charge is 2.21. The first kappa shape index (κ1) is 12.5. The fourth-order valence-corrected chi connectivity index (χ4v) is 1.17. The highest BCUT2D eigenvalue weighted by Crippen LogP contribution is 2.16. The Morgan fingerprint density at radius 3 is 2.75 bits per heavy atom. The van der Waals surface area contributed by atoms with Crippen molar-refractivity contribution in [1.29, 1.82) is 0 Å². The SMILES string of the molecule is COc1cccnc1CNC(=O)C(C)(C)C. The summed E-state index contributed by atoms with van der Waals surface area (Å²) in [6.07, 6.45) is 1.68. The minimum Gasteiger partial charge on any atom is -0.495 e. The minimum atomic E-state index is -0.387. The molecule has 0 aliphatic heterocycles. The number of carbonyl (C=O) groups excluding carboxylic acids is 1. The number of hydrogen-bond donors (Lipinski definition) is 1. The number of nitrogens with one attached hydrogen (secondary N) is 1. The highest BCUT2D eigenvalue weighted by molar-refractivity contribution is 5.81. The number of aromatic nitrogens is 1. The van der Waals surface area contributed by atoms with Gasteiger partial charge in [-0.15, -0.1) is 0 Å². The minimum absolute atomic E-state index is 0.000191. The highest BCUT2D eigenvalue weighted by atomic mass is 16.5. The molecule has 1 rings (SSSR count). The van der Waals surface area contributed by atoms with E-state index < -0.39 is 0 Å². The van der Waals surface area contributed by atoms with Gasteiger partial charge in [0.2, 0.25) is 5.91 Å². The summed E-state index contributed by atoms with van der Waals surface area (Å²) in [5, 5.41) is 2.83. The van der Waals surface area contributed by atoms with Crippen LogP contribution < -0.4 is 10.1 Å². The Kier molecular flexibility index (Phi) is 3.88.